The summed E-state index contributed by atoms with van der Waals surface area (Å²) in [5.74, 6) is 1.39. The molecular formula is C12H19NO3. The number of benzene rings is 1. The van der Waals surface area contributed by atoms with Gasteiger partial charge in [0.2, 0.25) is 0 Å². The predicted molar refractivity (Wildman–Crippen MR) is 62.9 cm³/mol. The van der Waals surface area contributed by atoms with E-state index in [1.807, 2.05) is 19.1 Å². The fraction of sp³-hybridized carbons (Fsp3) is 0.500. The number of ether oxygens (including phenoxy) is 3. The smallest absolute Gasteiger partial charge is 0.166 e. The van der Waals surface area contributed by atoms with Crippen LogP contribution in [0.25, 0.3) is 0 Å². The lowest BCUT2D eigenvalue weighted by Crippen LogP contribution is -2.10. The van der Waals surface area contributed by atoms with Crippen LogP contribution in [0.4, 0.5) is 0 Å². The maximum atomic E-state index is 5.91. The largest absolute Gasteiger partial charge is 0.493 e. The van der Waals surface area contributed by atoms with E-state index in [9.17, 15) is 0 Å². The van der Waals surface area contributed by atoms with Crippen LogP contribution in [0.5, 0.6) is 11.5 Å². The third-order valence-corrected chi connectivity index (χ3v) is 2.46. The minimum Gasteiger partial charge on any atom is -0.493 e. The lowest BCUT2D eigenvalue weighted by Gasteiger charge is -2.18. The molecule has 0 heterocycles. The summed E-state index contributed by atoms with van der Waals surface area (Å²) in [5, 5.41) is 0. The van der Waals surface area contributed by atoms with Gasteiger partial charge in [-0.25, -0.2) is 0 Å². The van der Waals surface area contributed by atoms with Crippen molar-refractivity contribution in [3.63, 3.8) is 0 Å². The minimum absolute atomic E-state index is 0.0649. The molecule has 0 aliphatic carbocycles. The Morgan fingerprint density at radius 2 is 1.88 bits per heavy atom. The molecule has 4 heteroatoms. The van der Waals surface area contributed by atoms with Gasteiger partial charge in [-0.15, -0.1) is 0 Å². The summed E-state index contributed by atoms with van der Waals surface area (Å²) in [5.41, 5.74) is 7.87. The Hall–Kier alpha value is -1.26. The van der Waals surface area contributed by atoms with Crippen molar-refractivity contribution in [2.24, 2.45) is 5.73 Å². The topological polar surface area (TPSA) is 53.7 Å². The highest BCUT2D eigenvalue weighted by Crippen LogP contribution is 2.35. The Balaban J connectivity index is 3.31. The van der Waals surface area contributed by atoms with Gasteiger partial charge in [-0.3, -0.25) is 0 Å². The van der Waals surface area contributed by atoms with Crippen LogP contribution in [-0.2, 0) is 11.3 Å². The van der Waals surface area contributed by atoms with E-state index in [2.05, 4.69) is 0 Å². The van der Waals surface area contributed by atoms with Gasteiger partial charge in [0.25, 0.3) is 0 Å². The highest BCUT2D eigenvalue weighted by molar-refractivity contribution is 5.51. The average molecular weight is 225 g/mol. The first kappa shape index (κ1) is 12.8. The summed E-state index contributed by atoms with van der Waals surface area (Å²) in [4.78, 5) is 0. The van der Waals surface area contributed by atoms with Crippen LogP contribution in [0.3, 0.4) is 0 Å². The second-order valence-electron chi connectivity index (χ2n) is 3.59. The quantitative estimate of drug-likeness (QED) is 0.831. The van der Waals surface area contributed by atoms with Crippen molar-refractivity contribution in [2.75, 3.05) is 21.3 Å². The van der Waals surface area contributed by atoms with E-state index in [1.165, 1.54) is 0 Å². The van der Waals surface area contributed by atoms with Crippen molar-refractivity contribution in [3.05, 3.63) is 23.3 Å². The van der Waals surface area contributed by atoms with Gasteiger partial charge in [0.1, 0.15) is 0 Å². The average Bonchev–Trinajstić information content (AvgIpc) is 2.28. The first-order valence-corrected chi connectivity index (χ1v) is 5.14. The summed E-state index contributed by atoms with van der Waals surface area (Å²) in [6.45, 7) is 2.39. The van der Waals surface area contributed by atoms with Crippen LogP contribution in [-0.4, -0.2) is 21.3 Å². The fourth-order valence-corrected chi connectivity index (χ4v) is 1.73. The summed E-state index contributed by atoms with van der Waals surface area (Å²) in [6, 6.07) is 3.74. The van der Waals surface area contributed by atoms with Crippen LogP contribution >= 0.6 is 0 Å². The van der Waals surface area contributed by atoms with Crippen LogP contribution in [0.1, 0.15) is 24.1 Å². The first-order chi connectivity index (χ1) is 7.65. The number of nitrogens with two attached hydrogens (primary N) is 1. The van der Waals surface area contributed by atoms with Crippen LogP contribution in [0.15, 0.2) is 12.1 Å². The van der Waals surface area contributed by atoms with Crippen molar-refractivity contribution >= 4 is 0 Å². The van der Waals surface area contributed by atoms with E-state index >= 15 is 0 Å². The molecule has 0 aromatic heterocycles. The summed E-state index contributed by atoms with van der Waals surface area (Å²) in [6.07, 6.45) is 0. The molecule has 0 fully saturated rings. The lowest BCUT2D eigenvalue weighted by molar-refractivity contribution is 0.179. The van der Waals surface area contributed by atoms with E-state index in [0.717, 1.165) is 11.1 Å². The van der Waals surface area contributed by atoms with Gasteiger partial charge in [-0.1, -0.05) is 6.07 Å². The standard InChI is InChI=1S/C12H19NO3/c1-8(13)9-5-6-11(15-3)12(16-4)10(9)7-14-2/h5-6,8H,7,13H2,1-4H3. The van der Waals surface area contributed by atoms with Gasteiger partial charge < -0.3 is 19.9 Å². The van der Waals surface area contributed by atoms with Gasteiger partial charge in [-0.05, 0) is 18.6 Å². The van der Waals surface area contributed by atoms with Gasteiger partial charge >= 0.3 is 0 Å². The maximum Gasteiger partial charge on any atom is 0.166 e. The normalized spacial score (nSPS) is 12.3. The summed E-state index contributed by atoms with van der Waals surface area (Å²) in [7, 11) is 4.87. The second-order valence-corrected chi connectivity index (χ2v) is 3.59. The molecule has 1 aromatic rings. The Morgan fingerprint density at radius 3 is 2.31 bits per heavy atom. The minimum atomic E-state index is -0.0649. The molecule has 0 saturated heterocycles. The van der Waals surface area contributed by atoms with Crippen LogP contribution in [0, 0.1) is 0 Å². The molecule has 1 aromatic carbocycles. The van der Waals surface area contributed by atoms with Gasteiger partial charge in [-0.2, -0.15) is 0 Å². The fourth-order valence-electron chi connectivity index (χ4n) is 1.73. The molecule has 2 N–H and O–H groups in total. The third kappa shape index (κ3) is 2.46. The molecule has 0 bridgehead atoms. The van der Waals surface area contributed by atoms with Gasteiger partial charge in [0.15, 0.2) is 11.5 Å². The molecule has 1 unspecified atom stereocenters. The molecule has 1 atom stereocenters. The molecule has 0 aliphatic heterocycles. The maximum absolute atomic E-state index is 5.91. The predicted octanol–water partition coefficient (Wildman–Crippen LogP) is 1.87. The molecule has 0 aliphatic rings. The Labute approximate surface area is 96.3 Å². The molecular weight excluding hydrogens is 206 g/mol. The molecule has 0 spiro atoms. The van der Waals surface area contributed by atoms with Crippen molar-refractivity contribution < 1.29 is 14.2 Å². The lowest BCUT2D eigenvalue weighted by atomic mass is 10.0. The molecule has 0 amide bonds. The molecule has 16 heavy (non-hydrogen) atoms. The van der Waals surface area contributed by atoms with E-state index in [0.29, 0.717) is 18.1 Å². The first-order valence-electron chi connectivity index (χ1n) is 5.14. The Morgan fingerprint density at radius 1 is 1.19 bits per heavy atom. The number of methoxy groups -OCH3 is 3. The number of rotatable bonds is 5. The summed E-state index contributed by atoms with van der Waals surface area (Å²) >= 11 is 0. The zero-order chi connectivity index (χ0) is 12.1. The molecule has 0 saturated carbocycles. The van der Waals surface area contributed by atoms with E-state index in [1.54, 1.807) is 21.3 Å². The highest BCUT2D eigenvalue weighted by atomic mass is 16.5. The molecule has 4 nitrogen and oxygen atoms in total. The molecule has 90 valence electrons. The van der Waals surface area contributed by atoms with Gasteiger partial charge in [0, 0.05) is 18.7 Å². The number of hydrogen-bond donors (Lipinski definition) is 1. The van der Waals surface area contributed by atoms with E-state index in [4.69, 9.17) is 19.9 Å². The van der Waals surface area contributed by atoms with Gasteiger partial charge in [0.05, 0.1) is 20.8 Å². The van der Waals surface area contributed by atoms with Crippen LogP contribution < -0.4 is 15.2 Å². The van der Waals surface area contributed by atoms with Crippen molar-refractivity contribution in [1.29, 1.82) is 0 Å². The number of hydrogen-bond acceptors (Lipinski definition) is 4. The monoisotopic (exact) mass is 225 g/mol. The Kier molecular flexibility index (Phi) is 4.58. The molecule has 0 radical (unpaired) electrons. The van der Waals surface area contributed by atoms with Crippen LogP contribution in [0.2, 0.25) is 0 Å². The second kappa shape index (κ2) is 5.72. The summed E-state index contributed by atoms with van der Waals surface area (Å²) < 4.78 is 15.8. The van der Waals surface area contributed by atoms with Crippen molar-refractivity contribution in [1.82, 2.24) is 0 Å². The van der Waals surface area contributed by atoms with Crippen molar-refractivity contribution in [3.8, 4) is 11.5 Å². The van der Waals surface area contributed by atoms with E-state index < -0.39 is 0 Å². The highest BCUT2D eigenvalue weighted by Gasteiger charge is 2.16. The third-order valence-electron chi connectivity index (χ3n) is 2.46. The van der Waals surface area contributed by atoms with E-state index in [-0.39, 0.29) is 6.04 Å². The molecule has 1 rings (SSSR count). The Bertz CT molecular complexity index is 350. The van der Waals surface area contributed by atoms with Crippen molar-refractivity contribution in [2.45, 2.75) is 19.6 Å². The zero-order valence-electron chi connectivity index (χ0n) is 10.2. The zero-order valence-corrected chi connectivity index (χ0v) is 10.2. The SMILES string of the molecule is COCc1c(C(C)N)ccc(OC)c1OC.